The average Bonchev–Trinajstić information content (AvgIpc) is 2.84. The summed E-state index contributed by atoms with van der Waals surface area (Å²) in [5.41, 5.74) is 4.60. The minimum absolute atomic E-state index is 0.176. The van der Waals surface area contributed by atoms with Gasteiger partial charge in [-0.15, -0.1) is 0 Å². The first kappa shape index (κ1) is 24.5. The highest BCUT2D eigenvalue weighted by molar-refractivity contribution is 7.89. The lowest BCUT2D eigenvalue weighted by molar-refractivity contribution is 0.176. The summed E-state index contributed by atoms with van der Waals surface area (Å²) in [7, 11) is -0.475. The number of ether oxygens (including phenoxy) is 2. The van der Waals surface area contributed by atoms with Gasteiger partial charge in [0.15, 0.2) is 11.5 Å². The Hall–Kier alpha value is -2.58. The molecule has 3 aromatic rings. The van der Waals surface area contributed by atoms with Gasteiger partial charge in [0.05, 0.1) is 19.1 Å². The molecule has 0 spiro atoms. The van der Waals surface area contributed by atoms with Crippen LogP contribution >= 0.6 is 11.6 Å². The van der Waals surface area contributed by atoms with Crippen molar-refractivity contribution in [2.24, 2.45) is 0 Å². The quantitative estimate of drug-likeness (QED) is 0.483. The molecule has 1 aliphatic rings. The average molecular weight is 501 g/mol. The van der Waals surface area contributed by atoms with Crippen LogP contribution < -0.4 is 14.2 Å². The summed E-state index contributed by atoms with van der Waals surface area (Å²) < 4.78 is 39.9. The number of aryl methyl sites for hydroxylation is 1. The van der Waals surface area contributed by atoms with Crippen molar-refractivity contribution >= 4 is 21.6 Å². The second-order valence-corrected chi connectivity index (χ2v) is 10.6. The third kappa shape index (κ3) is 5.23. The van der Waals surface area contributed by atoms with Gasteiger partial charge in [-0.2, -0.15) is 0 Å². The molecule has 0 saturated carbocycles. The van der Waals surface area contributed by atoms with Crippen molar-refractivity contribution in [1.29, 1.82) is 0 Å². The number of sulfonamides is 1. The van der Waals surface area contributed by atoms with Gasteiger partial charge in [0.2, 0.25) is 10.0 Å². The molecule has 0 fully saturated rings. The monoisotopic (exact) mass is 500 g/mol. The molecule has 4 rings (SSSR count). The molecule has 180 valence electrons. The first-order valence-corrected chi connectivity index (χ1v) is 13.0. The Morgan fingerprint density at radius 1 is 1.03 bits per heavy atom. The fourth-order valence-electron chi connectivity index (χ4n) is 4.40. The lowest BCUT2D eigenvalue weighted by Gasteiger charge is -2.38. The van der Waals surface area contributed by atoms with Gasteiger partial charge < -0.3 is 9.47 Å². The summed E-state index contributed by atoms with van der Waals surface area (Å²) in [6, 6.07) is 18.3. The summed E-state index contributed by atoms with van der Waals surface area (Å²) in [5.74, 6) is 1.30. The highest BCUT2D eigenvalue weighted by Gasteiger charge is 2.30. The van der Waals surface area contributed by atoms with Crippen LogP contribution in [0.4, 0.5) is 0 Å². The van der Waals surface area contributed by atoms with E-state index in [1.54, 1.807) is 26.4 Å². The third-order valence-electron chi connectivity index (χ3n) is 6.34. The molecule has 6 nitrogen and oxygen atoms in total. The second kappa shape index (κ2) is 10.4. The first-order chi connectivity index (χ1) is 16.3. The van der Waals surface area contributed by atoms with Crippen molar-refractivity contribution in [3.05, 3.63) is 87.9 Å². The number of methoxy groups -OCH3 is 2. The van der Waals surface area contributed by atoms with Gasteiger partial charge in [-0.1, -0.05) is 35.9 Å². The van der Waals surface area contributed by atoms with Gasteiger partial charge in [-0.3, -0.25) is 4.90 Å². The zero-order chi connectivity index (χ0) is 24.3. The molecule has 0 radical (unpaired) electrons. The molecule has 1 heterocycles. The van der Waals surface area contributed by atoms with E-state index >= 15 is 0 Å². The zero-order valence-electron chi connectivity index (χ0n) is 19.5. The predicted octanol–water partition coefficient (Wildman–Crippen LogP) is 4.74. The maximum absolute atomic E-state index is 13.0. The summed E-state index contributed by atoms with van der Waals surface area (Å²) in [6.45, 7) is 3.83. The van der Waals surface area contributed by atoms with Crippen molar-refractivity contribution in [1.82, 2.24) is 9.62 Å². The van der Waals surface area contributed by atoms with Crippen molar-refractivity contribution in [3.8, 4) is 11.5 Å². The Kier molecular flexibility index (Phi) is 7.48. The fraction of sp³-hybridized carbons (Fsp3) is 0.308. The number of nitrogens with one attached hydrogen (secondary N) is 1. The molecule has 0 aromatic heterocycles. The highest BCUT2D eigenvalue weighted by Crippen LogP contribution is 2.38. The van der Waals surface area contributed by atoms with E-state index in [2.05, 4.69) is 28.7 Å². The molecule has 0 amide bonds. The van der Waals surface area contributed by atoms with Crippen LogP contribution in [0.2, 0.25) is 5.02 Å². The normalized spacial score (nSPS) is 16.2. The largest absolute Gasteiger partial charge is 0.493 e. The van der Waals surface area contributed by atoms with Crippen molar-refractivity contribution in [2.45, 2.75) is 30.8 Å². The molecular formula is C26H29ClN2O4S. The highest BCUT2D eigenvalue weighted by atomic mass is 35.5. The van der Waals surface area contributed by atoms with E-state index in [9.17, 15) is 8.42 Å². The summed E-state index contributed by atoms with van der Waals surface area (Å²) in [4.78, 5) is 2.51. The van der Waals surface area contributed by atoms with Gasteiger partial charge >= 0.3 is 0 Å². The van der Waals surface area contributed by atoms with E-state index < -0.39 is 10.0 Å². The Balaban J connectivity index is 1.68. The van der Waals surface area contributed by atoms with Crippen LogP contribution in [0.1, 0.15) is 28.3 Å². The number of halogens is 1. The summed E-state index contributed by atoms with van der Waals surface area (Å²) in [5, 5.41) is 0.491. The van der Waals surface area contributed by atoms with Crippen LogP contribution in [0, 0.1) is 6.92 Å². The molecule has 34 heavy (non-hydrogen) atoms. The minimum Gasteiger partial charge on any atom is -0.493 e. The maximum atomic E-state index is 13.0. The van der Waals surface area contributed by atoms with E-state index in [-0.39, 0.29) is 17.5 Å². The smallest absolute Gasteiger partial charge is 0.240 e. The van der Waals surface area contributed by atoms with Gasteiger partial charge in [0.25, 0.3) is 0 Å². The molecule has 0 bridgehead atoms. The number of hydrogen-bond acceptors (Lipinski definition) is 5. The van der Waals surface area contributed by atoms with Gasteiger partial charge in [0.1, 0.15) is 0 Å². The molecule has 1 N–H and O–H groups in total. The van der Waals surface area contributed by atoms with Crippen LogP contribution in [0.25, 0.3) is 0 Å². The Morgan fingerprint density at radius 2 is 1.71 bits per heavy atom. The van der Waals surface area contributed by atoms with Crippen LogP contribution in [-0.4, -0.2) is 40.6 Å². The van der Waals surface area contributed by atoms with E-state index in [1.165, 1.54) is 23.3 Å². The van der Waals surface area contributed by atoms with Gasteiger partial charge in [0, 0.05) is 30.7 Å². The predicted molar refractivity (Wildman–Crippen MR) is 134 cm³/mol. The van der Waals surface area contributed by atoms with E-state index in [1.807, 2.05) is 24.3 Å². The number of nitrogens with zero attached hydrogens (tertiary/aromatic N) is 1. The van der Waals surface area contributed by atoms with Gasteiger partial charge in [-0.25, -0.2) is 13.1 Å². The standard InChI is InChI=1S/C26H29ClN2O4S/c1-18-6-4-5-7-20(18)17-29-13-12-19-14-25(32-2)26(33-3)15-23(19)24(29)16-28-34(30,31)22-10-8-21(27)9-11-22/h4-11,14-15,24,28H,12-13,16-17H2,1-3H3. The zero-order valence-corrected chi connectivity index (χ0v) is 21.1. The molecule has 0 aliphatic carbocycles. The molecule has 1 atom stereocenters. The molecule has 1 aliphatic heterocycles. The first-order valence-electron chi connectivity index (χ1n) is 11.1. The topological polar surface area (TPSA) is 67.9 Å². The third-order valence-corrected chi connectivity index (χ3v) is 8.03. The molecule has 8 heteroatoms. The van der Waals surface area contributed by atoms with Crippen LogP contribution in [0.5, 0.6) is 11.5 Å². The summed E-state index contributed by atoms with van der Waals surface area (Å²) in [6.07, 6.45) is 0.835. The molecule has 1 unspecified atom stereocenters. The maximum Gasteiger partial charge on any atom is 0.240 e. The molecule has 0 saturated heterocycles. The Morgan fingerprint density at radius 3 is 2.38 bits per heavy atom. The number of rotatable bonds is 8. The van der Waals surface area contributed by atoms with Crippen molar-refractivity contribution < 1.29 is 17.9 Å². The minimum atomic E-state index is -3.70. The van der Waals surface area contributed by atoms with Crippen molar-refractivity contribution in [3.63, 3.8) is 0 Å². The number of fused-ring (bicyclic) bond motifs is 1. The van der Waals surface area contributed by atoms with E-state index in [0.29, 0.717) is 23.1 Å². The van der Waals surface area contributed by atoms with Gasteiger partial charge in [-0.05, 0) is 72.0 Å². The van der Waals surface area contributed by atoms with E-state index in [4.69, 9.17) is 21.1 Å². The molecular weight excluding hydrogens is 472 g/mol. The van der Waals surface area contributed by atoms with Crippen LogP contribution in [-0.2, 0) is 23.0 Å². The fourth-order valence-corrected chi connectivity index (χ4v) is 5.56. The number of hydrogen-bond donors (Lipinski definition) is 1. The molecule has 3 aromatic carbocycles. The Bertz CT molecular complexity index is 1260. The second-order valence-electron chi connectivity index (χ2n) is 8.37. The van der Waals surface area contributed by atoms with Crippen LogP contribution in [0.15, 0.2) is 65.6 Å². The number of benzene rings is 3. The SMILES string of the molecule is COc1cc2c(cc1OC)C(CNS(=O)(=O)c1ccc(Cl)cc1)N(Cc1ccccc1C)CC2. The van der Waals surface area contributed by atoms with Crippen LogP contribution in [0.3, 0.4) is 0 Å². The lowest BCUT2D eigenvalue weighted by Crippen LogP contribution is -2.41. The lowest BCUT2D eigenvalue weighted by atomic mass is 9.91. The summed E-state index contributed by atoms with van der Waals surface area (Å²) >= 11 is 5.93. The van der Waals surface area contributed by atoms with Crippen molar-refractivity contribution in [2.75, 3.05) is 27.3 Å². The van der Waals surface area contributed by atoms with E-state index in [0.717, 1.165) is 24.1 Å². The Labute approximate surface area is 206 Å².